The van der Waals surface area contributed by atoms with Gasteiger partial charge in [-0.1, -0.05) is 24.3 Å². The molecule has 2 rings (SSSR count). The fourth-order valence-electron chi connectivity index (χ4n) is 2.30. The zero-order valence-electron chi connectivity index (χ0n) is 13.7. The van der Waals surface area contributed by atoms with Crippen molar-refractivity contribution in [2.45, 2.75) is 33.3 Å². The number of para-hydroxylation sites is 1. The Hall–Kier alpha value is -2.49. The van der Waals surface area contributed by atoms with Gasteiger partial charge >= 0.3 is 5.97 Å². The summed E-state index contributed by atoms with van der Waals surface area (Å²) in [6.45, 7) is 6.41. The van der Waals surface area contributed by atoms with Crippen molar-refractivity contribution in [2.24, 2.45) is 0 Å². The number of carbonyl (C=O) groups is 1. The van der Waals surface area contributed by atoms with Crippen molar-refractivity contribution in [2.75, 3.05) is 6.61 Å². The van der Waals surface area contributed by atoms with Gasteiger partial charge in [-0.15, -0.1) is 0 Å². The number of rotatable bonds is 7. The van der Waals surface area contributed by atoms with Crippen molar-refractivity contribution in [3.63, 3.8) is 0 Å². The van der Waals surface area contributed by atoms with E-state index in [0.29, 0.717) is 18.1 Å². The molecule has 23 heavy (non-hydrogen) atoms. The van der Waals surface area contributed by atoms with E-state index in [4.69, 9.17) is 9.47 Å². The van der Waals surface area contributed by atoms with Gasteiger partial charge in [-0.05, 0) is 55.7 Å². The van der Waals surface area contributed by atoms with E-state index in [2.05, 4.69) is 0 Å². The lowest BCUT2D eigenvalue weighted by atomic mass is 10.1. The van der Waals surface area contributed by atoms with Gasteiger partial charge in [-0.25, -0.2) is 4.79 Å². The first-order valence-electron chi connectivity index (χ1n) is 7.68. The van der Waals surface area contributed by atoms with Crippen molar-refractivity contribution in [1.82, 2.24) is 0 Å². The number of ether oxygens (including phenoxy) is 2. The number of benzene rings is 2. The molecule has 0 aliphatic rings. The van der Waals surface area contributed by atoms with Gasteiger partial charge in [0, 0.05) is 6.42 Å². The molecule has 0 saturated carbocycles. The maximum absolute atomic E-state index is 11.6. The van der Waals surface area contributed by atoms with Gasteiger partial charge in [0.05, 0.1) is 6.61 Å². The number of aliphatic carboxylic acids is 1. The third-order valence-corrected chi connectivity index (χ3v) is 3.71. The van der Waals surface area contributed by atoms with Crippen molar-refractivity contribution in [3.8, 4) is 11.5 Å². The van der Waals surface area contributed by atoms with E-state index in [-0.39, 0.29) is 6.42 Å². The molecule has 0 fully saturated rings. The summed E-state index contributed by atoms with van der Waals surface area (Å²) in [5, 5.41) is 9.47. The molecule has 4 nitrogen and oxygen atoms in total. The number of aryl methyl sites for hydroxylation is 2. The minimum Gasteiger partial charge on any atom is -0.494 e. The van der Waals surface area contributed by atoms with Crippen molar-refractivity contribution in [1.29, 1.82) is 0 Å². The van der Waals surface area contributed by atoms with Gasteiger partial charge in [-0.2, -0.15) is 0 Å². The Labute approximate surface area is 136 Å². The van der Waals surface area contributed by atoms with E-state index in [9.17, 15) is 9.90 Å². The zero-order valence-corrected chi connectivity index (χ0v) is 13.7. The highest BCUT2D eigenvalue weighted by Crippen LogP contribution is 2.23. The molecular formula is C19H22O4. The van der Waals surface area contributed by atoms with Crippen LogP contribution >= 0.6 is 0 Å². The molecule has 122 valence electrons. The third kappa shape index (κ3) is 4.49. The molecular weight excluding hydrogens is 292 g/mol. The highest BCUT2D eigenvalue weighted by atomic mass is 16.5. The Morgan fingerprint density at radius 3 is 2.52 bits per heavy atom. The summed E-state index contributed by atoms with van der Waals surface area (Å²) in [6, 6.07) is 13.0. The maximum atomic E-state index is 11.6. The van der Waals surface area contributed by atoms with Crippen LogP contribution in [0.25, 0.3) is 0 Å². The Morgan fingerprint density at radius 1 is 1.13 bits per heavy atom. The van der Waals surface area contributed by atoms with Gasteiger partial charge in [0.15, 0.2) is 6.10 Å². The van der Waals surface area contributed by atoms with Crippen LogP contribution in [0.3, 0.4) is 0 Å². The molecule has 1 atom stereocenters. The average Bonchev–Trinajstić information content (AvgIpc) is 2.52. The van der Waals surface area contributed by atoms with E-state index < -0.39 is 12.1 Å². The molecule has 0 bridgehead atoms. The van der Waals surface area contributed by atoms with E-state index in [0.717, 1.165) is 16.7 Å². The van der Waals surface area contributed by atoms with Crippen molar-refractivity contribution < 1.29 is 19.4 Å². The summed E-state index contributed by atoms with van der Waals surface area (Å²) in [5.74, 6) is 0.272. The first-order chi connectivity index (χ1) is 11.0. The van der Waals surface area contributed by atoms with Gasteiger partial charge in [0.1, 0.15) is 11.5 Å². The molecule has 4 heteroatoms. The molecule has 0 radical (unpaired) electrons. The number of hydrogen-bond acceptors (Lipinski definition) is 3. The SMILES string of the molecule is CCOc1ccccc1CC(Oc1ccc(C)c(C)c1)C(=O)O. The first kappa shape index (κ1) is 16.9. The predicted octanol–water partition coefficient (Wildman–Crippen LogP) is 3.78. The smallest absolute Gasteiger partial charge is 0.345 e. The Bertz CT molecular complexity index is 679. The van der Waals surface area contributed by atoms with Crippen molar-refractivity contribution >= 4 is 5.97 Å². The molecule has 0 aliphatic heterocycles. The summed E-state index contributed by atoms with van der Waals surface area (Å²) < 4.78 is 11.2. The molecule has 0 amide bonds. The summed E-state index contributed by atoms with van der Waals surface area (Å²) >= 11 is 0. The van der Waals surface area contributed by atoms with Crippen LogP contribution in [0.15, 0.2) is 42.5 Å². The van der Waals surface area contributed by atoms with Gasteiger partial charge in [-0.3, -0.25) is 0 Å². The summed E-state index contributed by atoms with van der Waals surface area (Å²) in [5.41, 5.74) is 3.04. The third-order valence-electron chi connectivity index (χ3n) is 3.71. The van der Waals surface area contributed by atoms with Crippen LogP contribution in [0.5, 0.6) is 11.5 Å². The lowest BCUT2D eigenvalue weighted by Crippen LogP contribution is -2.29. The minimum absolute atomic E-state index is 0.248. The largest absolute Gasteiger partial charge is 0.494 e. The zero-order chi connectivity index (χ0) is 16.8. The second-order valence-corrected chi connectivity index (χ2v) is 5.44. The fourth-order valence-corrected chi connectivity index (χ4v) is 2.30. The standard InChI is InChI=1S/C19H22O4/c1-4-22-17-8-6-5-7-15(17)12-18(19(20)21)23-16-10-9-13(2)14(3)11-16/h5-11,18H,4,12H2,1-3H3,(H,20,21). The summed E-state index contributed by atoms with van der Waals surface area (Å²) in [6.07, 6.45) is -0.711. The van der Waals surface area contributed by atoms with E-state index in [1.807, 2.05) is 57.2 Å². The molecule has 1 N–H and O–H groups in total. The molecule has 2 aromatic carbocycles. The number of carboxylic acid groups (broad SMARTS) is 1. The molecule has 0 aromatic heterocycles. The highest BCUT2D eigenvalue weighted by Gasteiger charge is 2.22. The molecule has 2 aromatic rings. The van der Waals surface area contributed by atoms with Crippen LogP contribution in [0.1, 0.15) is 23.6 Å². The van der Waals surface area contributed by atoms with Gasteiger partial charge in [0.25, 0.3) is 0 Å². The second kappa shape index (κ2) is 7.68. The second-order valence-electron chi connectivity index (χ2n) is 5.44. The minimum atomic E-state index is -0.991. The van der Waals surface area contributed by atoms with E-state index in [1.165, 1.54) is 0 Å². The van der Waals surface area contributed by atoms with Crippen LogP contribution in [0.4, 0.5) is 0 Å². The lowest BCUT2D eigenvalue weighted by molar-refractivity contribution is -0.145. The quantitative estimate of drug-likeness (QED) is 0.845. The van der Waals surface area contributed by atoms with Crippen LogP contribution < -0.4 is 9.47 Å². The summed E-state index contributed by atoms with van der Waals surface area (Å²) in [4.78, 5) is 11.6. The van der Waals surface area contributed by atoms with E-state index >= 15 is 0 Å². The first-order valence-corrected chi connectivity index (χ1v) is 7.68. The van der Waals surface area contributed by atoms with Crippen molar-refractivity contribution in [3.05, 3.63) is 59.2 Å². The van der Waals surface area contributed by atoms with Crippen LogP contribution in [0.2, 0.25) is 0 Å². The Balaban J connectivity index is 2.19. The topological polar surface area (TPSA) is 55.8 Å². The predicted molar refractivity (Wildman–Crippen MR) is 89.3 cm³/mol. The molecule has 1 unspecified atom stereocenters. The average molecular weight is 314 g/mol. The Kier molecular flexibility index (Phi) is 5.63. The number of hydrogen-bond donors (Lipinski definition) is 1. The van der Waals surface area contributed by atoms with Crippen LogP contribution in [-0.4, -0.2) is 23.8 Å². The Morgan fingerprint density at radius 2 is 1.87 bits per heavy atom. The normalized spacial score (nSPS) is 11.8. The van der Waals surface area contributed by atoms with E-state index in [1.54, 1.807) is 6.07 Å². The molecule has 0 aliphatic carbocycles. The van der Waals surface area contributed by atoms with Crippen LogP contribution in [0, 0.1) is 13.8 Å². The lowest BCUT2D eigenvalue weighted by Gasteiger charge is -2.18. The maximum Gasteiger partial charge on any atom is 0.345 e. The molecule has 0 heterocycles. The fraction of sp³-hybridized carbons (Fsp3) is 0.316. The summed E-state index contributed by atoms with van der Waals surface area (Å²) in [7, 11) is 0. The number of carboxylic acids is 1. The molecule has 0 spiro atoms. The molecule has 0 saturated heterocycles. The monoisotopic (exact) mass is 314 g/mol. The van der Waals surface area contributed by atoms with Gasteiger partial charge < -0.3 is 14.6 Å². The highest BCUT2D eigenvalue weighted by molar-refractivity contribution is 5.73. The van der Waals surface area contributed by atoms with Gasteiger partial charge in [0.2, 0.25) is 0 Å². The van der Waals surface area contributed by atoms with Crippen LogP contribution in [-0.2, 0) is 11.2 Å².